The van der Waals surface area contributed by atoms with Crippen LogP contribution in [0, 0.1) is 11.3 Å². The molecule has 0 heterocycles. The molecule has 0 fully saturated rings. The Kier molecular flexibility index (Phi) is 7.12. The molecule has 0 amide bonds. The van der Waals surface area contributed by atoms with Crippen molar-refractivity contribution in [1.82, 2.24) is 5.32 Å². The molecule has 4 nitrogen and oxygen atoms in total. The number of hydrogen-bond donors (Lipinski definition) is 1. The highest BCUT2D eigenvalue weighted by Crippen LogP contribution is 2.20. The number of hydrogen-bond acceptors (Lipinski definition) is 4. The van der Waals surface area contributed by atoms with Crippen molar-refractivity contribution in [3.63, 3.8) is 0 Å². The lowest BCUT2D eigenvalue weighted by molar-refractivity contribution is 0.0327. The number of likely N-dealkylation sites (N-methyl/N-ethyl adjacent to an activating group) is 1. The van der Waals surface area contributed by atoms with E-state index in [1.54, 1.807) is 0 Å². The van der Waals surface area contributed by atoms with Gasteiger partial charge in [-0.1, -0.05) is 37.3 Å². The minimum absolute atomic E-state index is 0.314. The lowest BCUT2D eigenvalue weighted by atomic mass is 9.92. The topological polar surface area (TPSA) is 54.3 Å². The Labute approximate surface area is 115 Å². The summed E-state index contributed by atoms with van der Waals surface area (Å²) >= 11 is 0. The first-order valence-electron chi connectivity index (χ1n) is 6.66. The van der Waals surface area contributed by atoms with Crippen LogP contribution in [0.4, 0.5) is 0 Å². The summed E-state index contributed by atoms with van der Waals surface area (Å²) in [4.78, 5) is 0. The highest BCUT2D eigenvalue weighted by atomic mass is 16.5. The normalized spacial score (nSPS) is 13.7. The van der Waals surface area contributed by atoms with Crippen molar-refractivity contribution in [2.45, 2.75) is 19.4 Å². The Balaban J connectivity index is 2.68. The molecule has 0 saturated heterocycles. The first kappa shape index (κ1) is 15.6. The van der Waals surface area contributed by atoms with Gasteiger partial charge in [0.05, 0.1) is 25.9 Å². The maximum Gasteiger partial charge on any atom is 0.155 e. The van der Waals surface area contributed by atoms with Crippen molar-refractivity contribution in [1.29, 1.82) is 5.26 Å². The Morgan fingerprint density at radius 1 is 1.16 bits per heavy atom. The molecule has 1 rings (SSSR count). The van der Waals surface area contributed by atoms with Crippen molar-refractivity contribution < 1.29 is 9.47 Å². The number of nitriles is 1. The zero-order valence-corrected chi connectivity index (χ0v) is 11.7. The molecule has 1 aromatic rings. The molecule has 1 N–H and O–H groups in total. The molecule has 0 aromatic heterocycles. The highest BCUT2D eigenvalue weighted by Gasteiger charge is 2.31. The average molecular weight is 262 g/mol. The summed E-state index contributed by atoms with van der Waals surface area (Å²) in [5.41, 5.74) is 0.137. The van der Waals surface area contributed by atoms with Gasteiger partial charge in [-0.25, -0.2) is 0 Å². The van der Waals surface area contributed by atoms with Crippen LogP contribution in [0.15, 0.2) is 30.3 Å². The highest BCUT2D eigenvalue weighted by molar-refractivity contribution is 5.31. The zero-order chi connectivity index (χ0) is 14.0. The van der Waals surface area contributed by atoms with E-state index in [-0.39, 0.29) is 0 Å². The van der Waals surface area contributed by atoms with E-state index in [9.17, 15) is 5.26 Å². The van der Waals surface area contributed by atoms with Crippen LogP contribution in [-0.4, -0.2) is 33.0 Å². The molecule has 0 radical (unpaired) electrons. The Hall–Kier alpha value is -1.41. The first-order valence-corrected chi connectivity index (χ1v) is 6.66. The number of benzene rings is 1. The van der Waals surface area contributed by atoms with E-state index >= 15 is 0 Å². The molecule has 1 atom stereocenters. The number of nitrogens with zero attached hydrogens (tertiary/aromatic N) is 1. The Bertz CT molecular complexity index is 389. The van der Waals surface area contributed by atoms with Crippen LogP contribution in [0.3, 0.4) is 0 Å². The number of rotatable bonds is 9. The molecule has 1 aromatic carbocycles. The van der Waals surface area contributed by atoms with E-state index in [2.05, 4.69) is 11.4 Å². The van der Waals surface area contributed by atoms with Crippen molar-refractivity contribution in [3.05, 3.63) is 35.9 Å². The molecule has 0 aliphatic heterocycles. The molecule has 104 valence electrons. The van der Waals surface area contributed by atoms with Gasteiger partial charge in [-0.05, 0) is 19.0 Å². The summed E-state index contributed by atoms with van der Waals surface area (Å²) in [7, 11) is 0. The van der Waals surface area contributed by atoms with Crippen LogP contribution in [0.5, 0.6) is 0 Å². The summed E-state index contributed by atoms with van der Waals surface area (Å²) in [5.74, 6) is 0. The van der Waals surface area contributed by atoms with Crippen molar-refractivity contribution >= 4 is 0 Å². The quantitative estimate of drug-likeness (QED) is 0.692. The summed E-state index contributed by atoms with van der Waals surface area (Å²) in [6.07, 6.45) is 0. The summed E-state index contributed by atoms with van der Waals surface area (Å²) < 4.78 is 10.8. The van der Waals surface area contributed by atoms with Gasteiger partial charge in [0.2, 0.25) is 0 Å². The van der Waals surface area contributed by atoms with Crippen LogP contribution in [0.2, 0.25) is 0 Å². The predicted octanol–water partition coefficient (Wildman–Crippen LogP) is 2.07. The van der Waals surface area contributed by atoms with Crippen LogP contribution < -0.4 is 5.32 Å². The second-order valence-corrected chi connectivity index (χ2v) is 4.16. The van der Waals surface area contributed by atoms with Crippen LogP contribution in [-0.2, 0) is 15.0 Å². The van der Waals surface area contributed by atoms with Gasteiger partial charge in [0.25, 0.3) is 0 Å². The van der Waals surface area contributed by atoms with Gasteiger partial charge in [-0.2, -0.15) is 5.26 Å². The monoisotopic (exact) mass is 262 g/mol. The number of nitrogens with one attached hydrogen (secondary N) is 1. The largest absolute Gasteiger partial charge is 0.379 e. The molecular formula is C15H22N2O2. The summed E-state index contributed by atoms with van der Waals surface area (Å²) in [6, 6.07) is 12.0. The lowest BCUT2D eigenvalue weighted by Crippen LogP contribution is -2.45. The van der Waals surface area contributed by atoms with Gasteiger partial charge in [-0.15, -0.1) is 0 Å². The van der Waals surface area contributed by atoms with E-state index in [0.29, 0.717) is 33.0 Å². The van der Waals surface area contributed by atoms with Crippen LogP contribution in [0.25, 0.3) is 0 Å². The molecular weight excluding hydrogens is 240 g/mol. The predicted molar refractivity (Wildman–Crippen MR) is 74.7 cm³/mol. The lowest BCUT2D eigenvalue weighted by Gasteiger charge is -2.27. The molecule has 0 spiro atoms. The second-order valence-electron chi connectivity index (χ2n) is 4.16. The molecule has 4 heteroatoms. The van der Waals surface area contributed by atoms with Gasteiger partial charge in [-0.3, -0.25) is 5.32 Å². The third kappa shape index (κ3) is 4.64. The van der Waals surface area contributed by atoms with Crippen LogP contribution >= 0.6 is 0 Å². The zero-order valence-electron chi connectivity index (χ0n) is 11.7. The van der Waals surface area contributed by atoms with Gasteiger partial charge in [0, 0.05) is 6.61 Å². The van der Waals surface area contributed by atoms with E-state index in [1.165, 1.54) is 0 Å². The van der Waals surface area contributed by atoms with E-state index in [1.807, 2.05) is 44.2 Å². The fraction of sp³-hybridized carbons (Fsp3) is 0.533. The molecule has 19 heavy (non-hydrogen) atoms. The maximum absolute atomic E-state index is 9.54. The first-order chi connectivity index (χ1) is 9.29. The van der Waals surface area contributed by atoms with Gasteiger partial charge in [0.1, 0.15) is 0 Å². The van der Waals surface area contributed by atoms with Crippen molar-refractivity contribution in [3.8, 4) is 6.07 Å². The molecule has 0 saturated carbocycles. The fourth-order valence-corrected chi connectivity index (χ4v) is 1.88. The van der Waals surface area contributed by atoms with E-state index < -0.39 is 5.54 Å². The number of ether oxygens (including phenoxy) is 2. The molecule has 0 aliphatic carbocycles. The standard InChI is InChI=1S/C15H22N2O2/c1-3-17-15(12-16,13-19-11-10-18-4-2)14-8-6-5-7-9-14/h5-9,17H,3-4,10-11,13H2,1-2H3. The van der Waals surface area contributed by atoms with Gasteiger partial charge < -0.3 is 9.47 Å². The second kappa shape index (κ2) is 8.65. The smallest absolute Gasteiger partial charge is 0.155 e. The third-order valence-corrected chi connectivity index (χ3v) is 2.83. The summed E-state index contributed by atoms with van der Waals surface area (Å²) in [6.45, 7) is 6.68. The van der Waals surface area contributed by atoms with Crippen LogP contribution in [0.1, 0.15) is 19.4 Å². The van der Waals surface area contributed by atoms with E-state index in [0.717, 1.165) is 5.56 Å². The SMILES string of the molecule is CCNC(C#N)(COCCOCC)c1ccccc1. The minimum Gasteiger partial charge on any atom is -0.379 e. The minimum atomic E-state index is -0.789. The maximum atomic E-state index is 9.54. The third-order valence-electron chi connectivity index (χ3n) is 2.83. The van der Waals surface area contributed by atoms with Gasteiger partial charge in [0.15, 0.2) is 5.54 Å². The van der Waals surface area contributed by atoms with Gasteiger partial charge >= 0.3 is 0 Å². The fourth-order valence-electron chi connectivity index (χ4n) is 1.88. The van der Waals surface area contributed by atoms with Crippen molar-refractivity contribution in [2.75, 3.05) is 33.0 Å². The van der Waals surface area contributed by atoms with Crippen molar-refractivity contribution in [2.24, 2.45) is 0 Å². The Morgan fingerprint density at radius 2 is 1.84 bits per heavy atom. The summed E-state index contributed by atoms with van der Waals surface area (Å²) in [5, 5.41) is 12.8. The Morgan fingerprint density at radius 3 is 2.42 bits per heavy atom. The molecule has 0 aliphatic rings. The van der Waals surface area contributed by atoms with E-state index in [4.69, 9.17) is 9.47 Å². The molecule has 1 unspecified atom stereocenters. The average Bonchev–Trinajstić information content (AvgIpc) is 2.47. The molecule has 0 bridgehead atoms.